The Bertz CT molecular complexity index is 497. The van der Waals surface area contributed by atoms with Gasteiger partial charge in [-0.25, -0.2) is 0 Å². The van der Waals surface area contributed by atoms with Crippen LogP contribution in [0.2, 0.25) is 0 Å². The first kappa shape index (κ1) is 11.7. The number of hydrogen-bond acceptors (Lipinski definition) is 5. The van der Waals surface area contributed by atoms with E-state index in [0.29, 0.717) is 5.52 Å². The van der Waals surface area contributed by atoms with Crippen LogP contribution in [-0.4, -0.2) is 28.5 Å². The van der Waals surface area contributed by atoms with Crippen LogP contribution in [0, 0.1) is 0 Å². The maximum absolute atomic E-state index is 10.8. The van der Waals surface area contributed by atoms with Crippen LogP contribution >= 0.6 is 0 Å². The topological polar surface area (TPSA) is 90.9 Å². The molecule has 0 aliphatic heterocycles. The maximum Gasteiger partial charge on any atom is 1.00 e. The number of hydrogen-bond donors (Lipinski definition) is 1. The van der Waals surface area contributed by atoms with Crippen molar-refractivity contribution in [1.29, 1.82) is 0 Å². The van der Waals surface area contributed by atoms with Crippen molar-refractivity contribution in [3.63, 3.8) is 0 Å². The Morgan fingerprint density at radius 1 is 1.47 bits per heavy atom. The molecule has 1 aromatic carbocycles. The van der Waals surface area contributed by atoms with Crippen molar-refractivity contribution < 1.29 is 37.0 Å². The summed E-state index contributed by atoms with van der Waals surface area (Å²) in [7, 11) is 1.38. The van der Waals surface area contributed by atoms with Crippen molar-refractivity contribution in [3.05, 3.63) is 17.7 Å². The van der Waals surface area contributed by atoms with Gasteiger partial charge < -0.3 is 14.6 Å². The number of methoxy groups -OCH3 is 1. The summed E-state index contributed by atoms with van der Waals surface area (Å²) in [5.74, 6) is -1.12. The van der Waals surface area contributed by atoms with E-state index in [1.54, 1.807) is 6.07 Å². The third-order valence-corrected chi connectivity index (χ3v) is 1.87. The zero-order chi connectivity index (χ0) is 10.1. The number of benzene rings is 1. The quantitative estimate of drug-likeness (QED) is 0.743. The van der Waals surface area contributed by atoms with Crippen LogP contribution in [0.3, 0.4) is 0 Å². The first-order valence-corrected chi connectivity index (χ1v) is 3.83. The summed E-state index contributed by atoms with van der Waals surface area (Å²) in [6, 6.07) is 3.13. The molecule has 0 aliphatic rings. The second-order valence-corrected chi connectivity index (χ2v) is 2.62. The summed E-state index contributed by atoms with van der Waals surface area (Å²) < 4.78 is 4.88. The molecule has 0 saturated carbocycles. The van der Waals surface area contributed by atoms with E-state index in [2.05, 4.69) is 15.4 Å². The number of carboxylic acid groups (broad SMARTS) is 1. The number of carbonyl (C=O) groups excluding carboxylic acids is 1. The van der Waals surface area contributed by atoms with Crippen molar-refractivity contribution in [1.82, 2.24) is 15.4 Å². The second-order valence-electron chi connectivity index (χ2n) is 2.62. The Balaban J connectivity index is 0.00000112. The number of ether oxygens (including phenoxy) is 1. The Hall–Kier alpha value is -1.37. The average molecular weight is 300 g/mol. The summed E-state index contributed by atoms with van der Waals surface area (Å²) in [5, 5.41) is 20.6. The average Bonchev–Trinajstić information content (AvgIpc) is 2.62. The van der Waals surface area contributed by atoms with E-state index >= 15 is 0 Å². The van der Waals surface area contributed by atoms with Gasteiger partial charge in [0.15, 0.2) is 0 Å². The molecule has 2 aromatic rings. The Labute approximate surface area is 100 Å². The van der Waals surface area contributed by atoms with Gasteiger partial charge in [0.25, 0.3) is 0 Å². The third kappa shape index (κ3) is 1.87. The number of nitrogens with zero attached hydrogens (tertiary/aromatic N) is 2. The molecule has 0 saturated heterocycles. The molecule has 7 heteroatoms. The number of rotatable bonds is 2. The smallest absolute Gasteiger partial charge is 0.545 e. The molecule has 82 valence electrons. The van der Waals surface area contributed by atoms with Crippen LogP contribution in [0.5, 0.6) is 5.75 Å². The minimum Gasteiger partial charge on any atom is -0.545 e. The molecule has 0 unspecified atom stereocenters. The van der Waals surface area contributed by atoms with E-state index in [1.165, 1.54) is 13.2 Å². The van der Waals surface area contributed by atoms with E-state index in [0.717, 1.165) is 0 Å². The van der Waals surface area contributed by atoms with Gasteiger partial charge in [-0.15, -0.1) is 0 Å². The third-order valence-electron chi connectivity index (χ3n) is 1.87. The number of carboxylic acids is 1. The van der Waals surface area contributed by atoms with Crippen molar-refractivity contribution in [2.45, 2.75) is 0 Å². The number of nitrogens with one attached hydrogen (secondary N) is 1. The van der Waals surface area contributed by atoms with Gasteiger partial charge >= 0.3 is 22.4 Å². The monoisotopic (exact) mass is 299 g/mol. The van der Waals surface area contributed by atoms with E-state index in [9.17, 15) is 9.90 Å². The molecule has 0 atom stereocenters. The molecule has 15 heavy (non-hydrogen) atoms. The van der Waals surface area contributed by atoms with Crippen LogP contribution in [0.15, 0.2) is 12.1 Å². The largest absolute Gasteiger partial charge is 1.00 e. The van der Waals surface area contributed by atoms with Crippen LogP contribution < -0.4 is 9.84 Å². The minimum absolute atomic E-state index is 0. The molecule has 0 spiro atoms. The molecule has 1 heterocycles. The van der Waals surface area contributed by atoms with Gasteiger partial charge in [-0.1, -0.05) is 0 Å². The van der Waals surface area contributed by atoms with Gasteiger partial charge in [0.1, 0.15) is 16.8 Å². The Kier molecular flexibility index (Phi) is 3.46. The molecule has 1 N–H and O–H groups in total. The number of aromatic nitrogens is 3. The fourth-order valence-electron chi connectivity index (χ4n) is 1.26. The number of fused-ring (bicyclic) bond motifs is 1. The minimum atomic E-state index is -1.33. The SMILES string of the molecule is COc1ccc2n[nH]nc2c1C(=O)[O-].[Ag+]. The zero-order valence-electron chi connectivity index (χ0n) is 7.58. The molecular formula is C8H6AgN3O3. The van der Waals surface area contributed by atoms with E-state index in [-0.39, 0.29) is 39.2 Å². The number of aromatic carboxylic acids is 1. The van der Waals surface area contributed by atoms with Gasteiger partial charge in [-0.05, 0) is 12.1 Å². The van der Waals surface area contributed by atoms with Gasteiger partial charge in [0.05, 0.1) is 18.6 Å². The zero-order valence-corrected chi connectivity index (χ0v) is 9.06. The van der Waals surface area contributed by atoms with Crippen LogP contribution in [-0.2, 0) is 22.4 Å². The summed E-state index contributed by atoms with van der Waals surface area (Å²) >= 11 is 0. The van der Waals surface area contributed by atoms with E-state index in [4.69, 9.17) is 4.74 Å². The molecule has 0 radical (unpaired) electrons. The first-order valence-electron chi connectivity index (χ1n) is 3.83. The van der Waals surface area contributed by atoms with Crippen LogP contribution in [0.1, 0.15) is 10.4 Å². The van der Waals surface area contributed by atoms with Crippen molar-refractivity contribution in [2.75, 3.05) is 7.11 Å². The fraction of sp³-hybridized carbons (Fsp3) is 0.125. The summed E-state index contributed by atoms with van der Waals surface area (Å²) in [6.45, 7) is 0. The molecular weight excluding hydrogens is 294 g/mol. The van der Waals surface area contributed by atoms with Crippen molar-refractivity contribution in [3.8, 4) is 5.75 Å². The van der Waals surface area contributed by atoms with Crippen molar-refractivity contribution in [2.24, 2.45) is 0 Å². The summed E-state index contributed by atoms with van der Waals surface area (Å²) in [5.41, 5.74) is 0.619. The van der Waals surface area contributed by atoms with Gasteiger partial charge in [0.2, 0.25) is 0 Å². The molecule has 0 bridgehead atoms. The van der Waals surface area contributed by atoms with Crippen LogP contribution in [0.4, 0.5) is 0 Å². The molecule has 0 fully saturated rings. The maximum atomic E-state index is 10.8. The number of carbonyl (C=O) groups is 1. The van der Waals surface area contributed by atoms with Gasteiger partial charge in [-0.2, -0.15) is 15.4 Å². The predicted octanol–water partition coefficient (Wildman–Crippen LogP) is -0.673. The molecule has 6 nitrogen and oxygen atoms in total. The van der Waals surface area contributed by atoms with Crippen molar-refractivity contribution >= 4 is 17.0 Å². The Morgan fingerprint density at radius 2 is 2.20 bits per heavy atom. The number of aromatic amines is 1. The van der Waals surface area contributed by atoms with E-state index in [1.807, 2.05) is 0 Å². The van der Waals surface area contributed by atoms with E-state index < -0.39 is 5.97 Å². The summed E-state index contributed by atoms with van der Waals surface area (Å²) in [6.07, 6.45) is 0. The summed E-state index contributed by atoms with van der Waals surface area (Å²) in [4.78, 5) is 10.8. The fourth-order valence-corrected chi connectivity index (χ4v) is 1.26. The molecule has 0 amide bonds. The molecule has 1 aromatic heterocycles. The normalized spacial score (nSPS) is 9.67. The van der Waals surface area contributed by atoms with Gasteiger partial charge in [0, 0.05) is 0 Å². The standard InChI is InChI=1S/C8H7N3O3.Ag/c1-14-5-3-2-4-7(10-11-9-4)6(5)8(12)13;/h2-3H,1H3,(H,12,13)(H,9,10,11);/q;+1/p-1. The van der Waals surface area contributed by atoms with Gasteiger partial charge in [-0.3, -0.25) is 0 Å². The number of H-pyrrole nitrogens is 1. The van der Waals surface area contributed by atoms with Crippen LogP contribution in [0.25, 0.3) is 11.0 Å². The second kappa shape index (κ2) is 4.43. The predicted molar refractivity (Wildman–Crippen MR) is 44.8 cm³/mol. The first-order chi connectivity index (χ1) is 6.74. The molecule has 0 aliphatic carbocycles. The Morgan fingerprint density at radius 3 is 2.80 bits per heavy atom. The molecule has 2 rings (SSSR count).